The Morgan fingerprint density at radius 1 is 0.923 bits per heavy atom. The average molecular weight is 518 g/mol. The third-order valence-electron chi connectivity index (χ3n) is 7.26. The number of aromatic nitrogens is 4. The van der Waals surface area contributed by atoms with Crippen LogP contribution in [0.4, 0.5) is 5.69 Å². The van der Waals surface area contributed by atoms with Crippen LogP contribution in [-0.4, -0.2) is 26.1 Å². The molecule has 0 radical (unpaired) electrons. The molecule has 6 heteroatoms. The molecule has 0 unspecified atom stereocenters. The molecule has 198 valence electrons. The minimum atomic E-state index is -0.260. The van der Waals surface area contributed by atoms with Crippen LogP contribution in [0.25, 0.3) is 28.7 Å². The number of allylic oxidation sites excluding steroid dienone is 5. The van der Waals surface area contributed by atoms with E-state index < -0.39 is 0 Å². The maximum Gasteiger partial charge on any atom is 0.276 e. The van der Waals surface area contributed by atoms with E-state index in [9.17, 15) is 4.79 Å². The molecule has 6 nitrogen and oxygen atoms in total. The van der Waals surface area contributed by atoms with Gasteiger partial charge < -0.3 is 4.90 Å². The highest BCUT2D eigenvalue weighted by atomic mass is 16.1. The molecule has 0 bridgehead atoms. The zero-order valence-electron chi connectivity index (χ0n) is 23.2. The Labute approximate surface area is 229 Å². The number of benzene rings is 1. The van der Waals surface area contributed by atoms with Gasteiger partial charge in [-0.3, -0.25) is 9.78 Å². The van der Waals surface area contributed by atoms with E-state index in [1.807, 2.05) is 37.3 Å². The number of pyridine rings is 1. The van der Waals surface area contributed by atoms with E-state index in [0.717, 1.165) is 23.9 Å². The maximum absolute atomic E-state index is 12.8. The van der Waals surface area contributed by atoms with Crippen LogP contribution in [0, 0.1) is 13.8 Å². The lowest BCUT2D eigenvalue weighted by atomic mass is 9.98. The summed E-state index contributed by atoms with van der Waals surface area (Å²) < 4.78 is 1.74. The highest BCUT2D eigenvalue weighted by Gasteiger charge is 2.19. The van der Waals surface area contributed by atoms with E-state index in [1.165, 1.54) is 41.8 Å². The second kappa shape index (κ2) is 11.6. The summed E-state index contributed by atoms with van der Waals surface area (Å²) in [5.74, 6) is 0. The standard InChI is InChI=1S/C33H35N5O/c1-5-6-7-14-21-37-26(22-23(2)27-16-10-11-19-30(27)37)15-8-9-17-28-25(4)36-38-31(29-18-12-13-20-34-29)24(3)33(39)35-32(28)38/h8-13,15-20,22H,5-7,14,21H2,1-4H3/b9-8+,26-15+,28-17-. The summed E-state index contributed by atoms with van der Waals surface area (Å²) in [6.07, 6.45) is 17.1. The molecule has 0 saturated carbocycles. The van der Waals surface area contributed by atoms with Crippen LogP contribution in [0.2, 0.25) is 0 Å². The van der Waals surface area contributed by atoms with Gasteiger partial charge in [0.25, 0.3) is 5.56 Å². The van der Waals surface area contributed by atoms with Crippen molar-refractivity contribution in [2.24, 2.45) is 0 Å². The number of nitrogens with zero attached hydrogens (tertiary/aromatic N) is 5. The van der Waals surface area contributed by atoms with Gasteiger partial charge in [-0.1, -0.05) is 62.6 Å². The van der Waals surface area contributed by atoms with E-state index >= 15 is 0 Å². The van der Waals surface area contributed by atoms with E-state index in [4.69, 9.17) is 5.10 Å². The zero-order valence-corrected chi connectivity index (χ0v) is 23.2. The number of hydrogen-bond acceptors (Lipinski definition) is 5. The lowest BCUT2D eigenvalue weighted by Crippen LogP contribution is -2.26. The first-order chi connectivity index (χ1) is 19.0. The molecule has 1 aliphatic heterocycles. The van der Waals surface area contributed by atoms with Crippen molar-refractivity contribution in [3.05, 3.63) is 111 Å². The summed E-state index contributed by atoms with van der Waals surface area (Å²) in [6, 6.07) is 14.3. The van der Waals surface area contributed by atoms with Crippen LogP contribution in [0.15, 0.2) is 83.5 Å². The normalized spacial score (nSPS) is 15.0. The molecular weight excluding hydrogens is 482 g/mol. The fourth-order valence-corrected chi connectivity index (χ4v) is 5.18. The number of rotatable bonds is 8. The van der Waals surface area contributed by atoms with Gasteiger partial charge in [0.15, 0.2) is 5.65 Å². The number of para-hydroxylation sites is 1. The summed E-state index contributed by atoms with van der Waals surface area (Å²) in [5, 5.41) is 5.56. The quantitative estimate of drug-likeness (QED) is 0.260. The topological polar surface area (TPSA) is 63.4 Å². The molecule has 0 fully saturated rings. The Morgan fingerprint density at radius 3 is 2.51 bits per heavy atom. The number of anilines is 1. The van der Waals surface area contributed by atoms with Crippen molar-refractivity contribution in [2.45, 2.75) is 53.4 Å². The molecular formula is C33H35N5O. The predicted molar refractivity (Wildman–Crippen MR) is 160 cm³/mol. The molecule has 4 heterocycles. The Morgan fingerprint density at radius 2 is 1.72 bits per heavy atom. The Balaban J connectivity index is 1.51. The van der Waals surface area contributed by atoms with Gasteiger partial charge in [-0.15, -0.1) is 0 Å². The summed E-state index contributed by atoms with van der Waals surface area (Å²) in [7, 11) is 0. The molecule has 3 aromatic heterocycles. The third kappa shape index (κ3) is 5.32. The van der Waals surface area contributed by atoms with Crippen molar-refractivity contribution in [3.63, 3.8) is 0 Å². The Hall–Kier alpha value is -4.32. The number of hydrogen-bond donors (Lipinski definition) is 0. The molecule has 0 N–H and O–H groups in total. The van der Waals surface area contributed by atoms with Gasteiger partial charge in [0.2, 0.25) is 0 Å². The number of unbranched alkanes of at least 4 members (excludes halogenated alkanes) is 3. The van der Waals surface area contributed by atoms with Gasteiger partial charge in [0.1, 0.15) is 5.69 Å². The average Bonchev–Trinajstić information content (AvgIpc) is 3.25. The summed E-state index contributed by atoms with van der Waals surface area (Å²) in [4.78, 5) is 24.0. The van der Waals surface area contributed by atoms with Gasteiger partial charge in [-0.2, -0.15) is 10.1 Å². The van der Waals surface area contributed by atoms with Crippen LogP contribution in [-0.2, 0) is 0 Å². The van der Waals surface area contributed by atoms with Crippen LogP contribution < -0.4 is 15.7 Å². The summed E-state index contributed by atoms with van der Waals surface area (Å²) in [6.45, 7) is 9.12. The van der Waals surface area contributed by atoms with Crippen molar-refractivity contribution in [1.82, 2.24) is 19.6 Å². The minimum absolute atomic E-state index is 0.260. The molecule has 0 saturated heterocycles. The van der Waals surface area contributed by atoms with E-state index in [1.54, 1.807) is 17.6 Å². The molecule has 0 aliphatic carbocycles. The van der Waals surface area contributed by atoms with Crippen LogP contribution in [0.1, 0.15) is 56.4 Å². The highest BCUT2D eigenvalue weighted by molar-refractivity contribution is 5.83. The smallest absolute Gasteiger partial charge is 0.276 e. The predicted octanol–water partition coefficient (Wildman–Crippen LogP) is 6.21. The molecule has 39 heavy (non-hydrogen) atoms. The lowest BCUT2D eigenvalue weighted by molar-refractivity contribution is 0.663. The fraction of sp³-hybridized carbons (Fsp3) is 0.273. The van der Waals surface area contributed by atoms with Crippen molar-refractivity contribution >= 4 is 23.0 Å². The Bertz CT molecular complexity index is 1700. The van der Waals surface area contributed by atoms with Crippen LogP contribution in [0.5, 0.6) is 0 Å². The van der Waals surface area contributed by atoms with Crippen molar-refractivity contribution in [1.29, 1.82) is 0 Å². The van der Waals surface area contributed by atoms with Crippen LogP contribution >= 0.6 is 0 Å². The fourth-order valence-electron chi connectivity index (χ4n) is 5.18. The largest absolute Gasteiger partial charge is 0.341 e. The molecule has 1 aromatic carbocycles. The van der Waals surface area contributed by atoms with Gasteiger partial charge >= 0.3 is 0 Å². The maximum atomic E-state index is 12.8. The van der Waals surface area contributed by atoms with Gasteiger partial charge in [0.05, 0.1) is 11.4 Å². The molecule has 0 amide bonds. The second-order valence-electron chi connectivity index (χ2n) is 10.0. The minimum Gasteiger partial charge on any atom is -0.341 e. The molecule has 0 spiro atoms. The van der Waals surface area contributed by atoms with E-state index in [-0.39, 0.29) is 5.56 Å². The monoisotopic (exact) mass is 517 g/mol. The van der Waals surface area contributed by atoms with Crippen molar-refractivity contribution in [3.8, 4) is 11.4 Å². The highest BCUT2D eigenvalue weighted by Crippen LogP contribution is 2.35. The van der Waals surface area contributed by atoms with Gasteiger partial charge in [-0.25, -0.2) is 4.52 Å². The third-order valence-corrected chi connectivity index (χ3v) is 7.26. The number of aryl methyl sites for hydroxylation is 1. The van der Waals surface area contributed by atoms with Gasteiger partial charge in [-0.05, 0) is 69.2 Å². The SMILES string of the molecule is CCCCCCN1/C(=C/C=C/C=c2/c(C)nn3c(-c4ccccn4)c(C)c(=O)nc23)C=C(C)c2ccccc21. The molecule has 0 atom stereocenters. The van der Waals surface area contributed by atoms with Crippen molar-refractivity contribution < 1.29 is 0 Å². The summed E-state index contributed by atoms with van der Waals surface area (Å²) in [5.41, 5.74) is 8.01. The first-order valence-electron chi connectivity index (χ1n) is 13.7. The molecule has 1 aliphatic rings. The van der Waals surface area contributed by atoms with E-state index in [2.05, 4.69) is 71.2 Å². The van der Waals surface area contributed by atoms with E-state index in [0.29, 0.717) is 22.6 Å². The second-order valence-corrected chi connectivity index (χ2v) is 10.0. The summed E-state index contributed by atoms with van der Waals surface area (Å²) >= 11 is 0. The first kappa shape index (κ1) is 26.3. The zero-order chi connectivity index (χ0) is 27.4. The van der Waals surface area contributed by atoms with Gasteiger partial charge in [0, 0.05) is 40.5 Å². The molecule has 5 rings (SSSR count). The first-order valence-corrected chi connectivity index (χ1v) is 13.7. The Kier molecular flexibility index (Phi) is 7.82. The molecule has 4 aromatic rings. The van der Waals surface area contributed by atoms with Crippen molar-refractivity contribution in [2.75, 3.05) is 11.4 Å². The lowest BCUT2D eigenvalue weighted by Gasteiger charge is -2.32. The van der Waals surface area contributed by atoms with Crippen LogP contribution in [0.3, 0.4) is 0 Å². The number of fused-ring (bicyclic) bond motifs is 2.